The average Bonchev–Trinajstić information content (AvgIpc) is 2.54. The highest BCUT2D eigenvalue weighted by Crippen LogP contribution is 2.22. The summed E-state index contributed by atoms with van der Waals surface area (Å²) in [5.41, 5.74) is 1.99. The van der Waals surface area contributed by atoms with Crippen LogP contribution in [0.4, 0.5) is 17.1 Å². The van der Waals surface area contributed by atoms with Crippen LogP contribution in [-0.2, 0) is 9.59 Å². The van der Waals surface area contributed by atoms with Crippen LogP contribution in [0.5, 0.6) is 0 Å². The van der Waals surface area contributed by atoms with Crippen molar-refractivity contribution in [2.75, 3.05) is 22.5 Å². The highest BCUT2D eigenvalue weighted by Gasteiger charge is 2.07. The predicted molar refractivity (Wildman–Crippen MR) is 103 cm³/mol. The van der Waals surface area contributed by atoms with Crippen LogP contribution in [0.2, 0.25) is 10.0 Å². The largest absolute Gasteiger partial charge is 0.376 e. The molecular formula is C18H19Cl2N3O2. The van der Waals surface area contributed by atoms with E-state index in [9.17, 15) is 9.59 Å². The second-order valence-electron chi connectivity index (χ2n) is 5.78. The number of benzene rings is 2. The molecule has 0 aliphatic heterocycles. The first kappa shape index (κ1) is 19.1. The van der Waals surface area contributed by atoms with Crippen molar-refractivity contribution in [1.29, 1.82) is 0 Å². The van der Waals surface area contributed by atoms with Crippen molar-refractivity contribution in [1.82, 2.24) is 0 Å². The van der Waals surface area contributed by atoms with Crippen LogP contribution in [-0.4, -0.2) is 18.4 Å². The van der Waals surface area contributed by atoms with Crippen LogP contribution >= 0.6 is 23.2 Å². The van der Waals surface area contributed by atoms with Gasteiger partial charge in [-0.05, 0) is 42.5 Å². The van der Waals surface area contributed by atoms with Gasteiger partial charge in [-0.2, -0.15) is 0 Å². The SMILES string of the molecule is CC(C)C(=O)Nc1ccc(NC(=O)CNc2cc(Cl)cc(Cl)c2)cc1. The first-order chi connectivity index (χ1) is 11.8. The van der Waals surface area contributed by atoms with E-state index in [1.165, 1.54) is 0 Å². The van der Waals surface area contributed by atoms with Gasteiger partial charge in [0.15, 0.2) is 0 Å². The Kier molecular flexibility index (Phi) is 6.67. The smallest absolute Gasteiger partial charge is 0.243 e. The minimum Gasteiger partial charge on any atom is -0.376 e. The molecule has 0 atom stereocenters. The molecule has 5 nitrogen and oxygen atoms in total. The molecule has 2 aromatic carbocycles. The molecule has 2 rings (SSSR count). The van der Waals surface area contributed by atoms with E-state index in [1.807, 2.05) is 13.8 Å². The fraction of sp³-hybridized carbons (Fsp3) is 0.222. The number of hydrogen-bond acceptors (Lipinski definition) is 3. The topological polar surface area (TPSA) is 70.2 Å². The predicted octanol–water partition coefficient (Wildman–Crippen LogP) is 4.64. The summed E-state index contributed by atoms with van der Waals surface area (Å²) < 4.78 is 0. The van der Waals surface area contributed by atoms with E-state index < -0.39 is 0 Å². The third-order valence-corrected chi connectivity index (χ3v) is 3.71. The molecule has 2 amide bonds. The van der Waals surface area contributed by atoms with Crippen molar-refractivity contribution in [2.45, 2.75) is 13.8 Å². The monoisotopic (exact) mass is 379 g/mol. The van der Waals surface area contributed by atoms with Crippen molar-refractivity contribution in [3.63, 3.8) is 0 Å². The number of carbonyl (C=O) groups is 2. The number of halogens is 2. The van der Waals surface area contributed by atoms with Crippen molar-refractivity contribution in [3.8, 4) is 0 Å². The first-order valence-electron chi connectivity index (χ1n) is 7.74. The summed E-state index contributed by atoms with van der Waals surface area (Å²) in [6.07, 6.45) is 0. The Bertz CT molecular complexity index is 741. The van der Waals surface area contributed by atoms with Crippen molar-refractivity contribution in [3.05, 3.63) is 52.5 Å². The highest BCUT2D eigenvalue weighted by atomic mass is 35.5. The van der Waals surface area contributed by atoms with E-state index in [-0.39, 0.29) is 24.3 Å². The molecule has 132 valence electrons. The van der Waals surface area contributed by atoms with Crippen molar-refractivity contribution < 1.29 is 9.59 Å². The lowest BCUT2D eigenvalue weighted by Gasteiger charge is -2.10. The van der Waals surface area contributed by atoms with Crippen molar-refractivity contribution in [2.24, 2.45) is 5.92 Å². The van der Waals surface area contributed by atoms with E-state index in [2.05, 4.69) is 16.0 Å². The van der Waals surface area contributed by atoms with Gasteiger partial charge in [-0.15, -0.1) is 0 Å². The summed E-state index contributed by atoms with van der Waals surface area (Å²) in [5.74, 6) is -0.360. The molecule has 0 radical (unpaired) electrons. The molecule has 0 fully saturated rings. The molecule has 7 heteroatoms. The minimum absolute atomic E-state index is 0.0545. The average molecular weight is 380 g/mol. The lowest BCUT2D eigenvalue weighted by atomic mass is 10.2. The van der Waals surface area contributed by atoms with Gasteiger partial charge in [0.2, 0.25) is 11.8 Å². The Morgan fingerprint density at radius 2 is 1.40 bits per heavy atom. The van der Waals surface area contributed by atoms with Crippen LogP contribution in [0.1, 0.15) is 13.8 Å². The second kappa shape index (κ2) is 8.74. The van der Waals surface area contributed by atoms with Gasteiger partial charge in [-0.1, -0.05) is 37.0 Å². The molecule has 0 aromatic heterocycles. The molecule has 25 heavy (non-hydrogen) atoms. The number of anilines is 3. The van der Waals surface area contributed by atoms with Gasteiger partial charge in [0, 0.05) is 33.0 Å². The van der Waals surface area contributed by atoms with E-state index >= 15 is 0 Å². The molecule has 0 bridgehead atoms. The minimum atomic E-state index is -0.213. The molecular weight excluding hydrogens is 361 g/mol. The summed E-state index contributed by atoms with van der Waals surface area (Å²) in [6, 6.07) is 11.9. The maximum absolute atomic E-state index is 12.0. The third-order valence-electron chi connectivity index (χ3n) is 3.28. The zero-order chi connectivity index (χ0) is 18.4. The Morgan fingerprint density at radius 3 is 1.92 bits per heavy atom. The van der Waals surface area contributed by atoms with Crippen LogP contribution in [0.3, 0.4) is 0 Å². The number of rotatable bonds is 6. The van der Waals surface area contributed by atoms with Gasteiger partial charge in [0.05, 0.1) is 6.54 Å². The molecule has 0 unspecified atom stereocenters. The Balaban J connectivity index is 1.87. The van der Waals surface area contributed by atoms with E-state index in [1.54, 1.807) is 42.5 Å². The Morgan fingerprint density at radius 1 is 0.880 bits per heavy atom. The molecule has 2 aromatic rings. The maximum atomic E-state index is 12.0. The fourth-order valence-electron chi connectivity index (χ4n) is 1.97. The summed E-state index contributed by atoms with van der Waals surface area (Å²) in [7, 11) is 0. The van der Waals surface area contributed by atoms with Gasteiger partial charge >= 0.3 is 0 Å². The molecule has 0 saturated heterocycles. The van der Waals surface area contributed by atoms with Gasteiger partial charge in [-0.3, -0.25) is 9.59 Å². The zero-order valence-corrected chi connectivity index (χ0v) is 15.4. The van der Waals surface area contributed by atoms with Gasteiger partial charge in [-0.25, -0.2) is 0 Å². The highest BCUT2D eigenvalue weighted by molar-refractivity contribution is 6.35. The molecule has 0 heterocycles. The quantitative estimate of drug-likeness (QED) is 0.684. The Labute approximate surface area is 156 Å². The zero-order valence-electron chi connectivity index (χ0n) is 13.9. The van der Waals surface area contributed by atoms with Crippen LogP contribution in [0.15, 0.2) is 42.5 Å². The standard InChI is InChI=1S/C18H19Cl2N3O2/c1-11(2)18(25)23-15-5-3-14(4-6-15)22-17(24)10-21-16-8-12(19)7-13(20)9-16/h3-9,11,21H,10H2,1-2H3,(H,22,24)(H,23,25). The molecule has 3 N–H and O–H groups in total. The number of hydrogen-bond donors (Lipinski definition) is 3. The van der Waals surface area contributed by atoms with Crippen LogP contribution in [0.25, 0.3) is 0 Å². The molecule has 0 saturated carbocycles. The van der Waals surface area contributed by atoms with E-state index in [4.69, 9.17) is 23.2 Å². The van der Waals surface area contributed by atoms with Gasteiger partial charge in [0.25, 0.3) is 0 Å². The number of carbonyl (C=O) groups excluding carboxylic acids is 2. The van der Waals surface area contributed by atoms with Crippen LogP contribution < -0.4 is 16.0 Å². The summed E-state index contributed by atoms with van der Waals surface area (Å²) in [4.78, 5) is 23.6. The molecule has 0 aliphatic carbocycles. The lowest BCUT2D eigenvalue weighted by molar-refractivity contribution is -0.119. The normalized spacial score (nSPS) is 10.4. The molecule has 0 spiro atoms. The number of nitrogens with one attached hydrogen (secondary N) is 3. The molecule has 0 aliphatic rings. The van der Waals surface area contributed by atoms with E-state index in [0.29, 0.717) is 27.1 Å². The summed E-state index contributed by atoms with van der Waals surface area (Å²) >= 11 is 11.8. The summed E-state index contributed by atoms with van der Waals surface area (Å²) in [6.45, 7) is 3.72. The van der Waals surface area contributed by atoms with Gasteiger partial charge in [0.1, 0.15) is 0 Å². The van der Waals surface area contributed by atoms with Crippen molar-refractivity contribution >= 4 is 52.1 Å². The number of amides is 2. The van der Waals surface area contributed by atoms with Gasteiger partial charge < -0.3 is 16.0 Å². The first-order valence-corrected chi connectivity index (χ1v) is 8.50. The fourth-order valence-corrected chi connectivity index (χ4v) is 2.49. The third kappa shape index (κ3) is 6.29. The lowest BCUT2D eigenvalue weighted by Crippen LogP contribution is -2.21. The second-order valence-corrected chi connectivity index (χ2v) is 6.65. The van der Waals surface area contributed by atoms with E-state index in [0.717, 1.165) is 0 Å². The summed E-state index contributed by atoms with van der Waals surface area (Å²) in [5, 5.41) is 9.50. The van der Waals surface area contributed by atoms with Crippen LogP contribution in [0, 0.1) is 5.92 Å². The Hall–Kier alpha value is -2.24. The maximum Gasteiger partial charge on any atom is 0.243 e.